The molecule has 0 amide bonds. The highest BCUT2D eigenvalue weighted by atomic mass is 32.2. The molecule has 19 heavy (non-hydrogen) atoms. The van der Waals surface area contributed by atoms with Gasteiger partial charge in [-0.3, -0.25) is 4.98 Å². The highest BCUT2D eigenvalue weighted by Gasteiger charge is 2.20. The second-order valence-corrected chi connectivity index (χ2v) is 7.76. The molecule has 0 fully saturated rings. The van der Waals surface area contributed by atoms with Crippen molar-refractivity contribution in [2.45, 2.75) is 45.8 Å². The van der Waals surface area contributed by atoms with Gasteiger partial charge in [0.1, 0.15) is 16.8 Å². The van der Waals surface area contributed by atoms with Crippen LogP contribution in [-0.2, 0) is 11.0 Å². The highest BCUT2D eigenvalue weighted by Crippen LogP contribution is 2.16. The molecule has 1 atom stereocenters. The van der Waals surface area contributed by atoms with Crippen molar-refractivity contribution in [3.63, 3.8) is 0 Å². The van der Waals surface area contributed by atoms with Gasteiger partial charge < -0.3 is 0 Å². The second kappa shape index (κ2) is 6.37. The first-order valence-electron chi connectivity index (χ1n) is 6.31. The summed E-state index contributed by atoms with van der Waals surface area (Å²) in [5, 5.41) is 0. The summed E-state index contributed by atoms with van der Waals surface area (Å²) in [7, 11) is -1.34. The fourth-order valence-electron chi connectivity index (χ4n) is 1.36. The zero-order valence-corrected chi connectivity index (χ0v) is 12.9. The minimum atomic E-state index is -1.34. The van der Waals surface area contributed by atoms with Crippen LogP contribution >= 0.6 is 0 Å². The van der Waals surface area contributed by atoms with Gasteiger partial charge in [0.25, 0.3) is 0 Å². The maximum Gasteiger partial charge on any atom is 0.145 e. The van der Waals surface area contributed by atoms with E-state index in [1.54, 1.807) is 6.07 Å². The van der Waals surface area contributed by atoms with Gasteiger partial charge in [0.15, 0.2) is 0 Å². The van der Waals surface area contributed by atoms with Gasteiger partial charge in [0.05, 0.1) is 22.3 Å². The van der Waals surface area contributed by atoms with Crippen LogP contribution in [-0.4, -0.2) is 19.7 Å². The van der Waals surface area contributed by atoms with Gasteiger partial charge in [-0.2, -0.15) is 4.40 Å². The Balaban J connectivity index is 3.11. The molecule has 3 nitrogen and oxygen atoms in total. The highest BCUT2D eigenvalue weighted by molar-refractivity contribution is 7.85. The van der Waals surface area contributed by atoms with Gasteiger partial charge in [-0.1, -0.05) is 13.8 Å². The SMILES string of the molecule is CC(C)CC(=NS(=O)C(C)(C)C)c1ccc(F)cn1. The van der Waals surface area contributed by atoms with Crippen LogP contribution in [0.2, 0.25) is 0 Å². The Bertz CT molecular complexity index is 475. The summed E-state index contributed by atoms with van der Waals surface area (Å²) in [5.74, 6) is -0.0211. The van der Waals surface area contributed by atoms with E-state index in [2.05, 4.69) is 23.2 Å². The van der Waals surface area contributed by atoms with Crippen molar-refractivity contribution in [2.24, 2.45) is 10.3 Å². The maximum absolute atomic E-state index is 12.9. The van der Waals surface area contributed by atoms with Crippen molar-refractivity contribution >= 4 is 16.7 Å². The van der Waals surface area contributed by atoms with Crippen molar-refractivity contribution in [3.05, 3.63) is 29.8 Å². The van der Waals surface area contributed by atoms with E-state index in [4.69, 9.17) is 0 Å². The summed E-state index contributed by atoms with van der Waals surface area (Å²) >= 11 is 0. The lowest BCUT2D eigenvalue weighted by Crippen LogP contribution is -2.22. The first-order valence-corrected chi connectivity index (χ1v) is 7.42. The van der Waals surface area contributed by atoms with Crippen molar-refractivity contribution < 1.29 is 8.60 Å². The van der Waals surface area contributed by atoms with Crippen LogP contribution in [0.1, 0.15) is 46.7 Å². The van der Waals surface area contributed by atoms with Gasteiger partial charge in [-0.25, -0.2) is 8.60 Å². The average molecular weight is 284 g/mol. The summed E-state index contributed by atoms with van der Waals surface area (Å²) in [6.45, 7) is 9.73. The lowest BCUT2D eigenvalue weighted by molar-refractivity contribution is 0.620. The van der Waals surface area contributed by atoms with E-state index in [9.17, 15) is 8.60 Å². The Hall–Kier alpha value is -1.10. The summed E-state index contributed by atoms with van der Waals surface area (Å²) in [5.41, 5.74) is 1.26. The fourth-order valence-corrected chi connectivity index (χ4v) is 2.00. The van der Waals surface area contributed by atoms with Gasteiger partial charge in [0, 0.05) is 0 Å². The Morgan fingerprint density at radius 2 is 2.05 bits per heavy atom. The third-order valence-electron chi connectivity index (χ3n) is 2.34. The van der Waals surface area contributed by atoms with Gasteiger partial charge >= 0.3 is 0 Å². The van der Waals surface area contributed by atoms with Gasteiger partial charge in [0.2, 0.25) is 0 Å². The van der Waals surface area contributed by atoms with Crippen LogP contribution in [0.25, 0.3) is 0 Å². The monoisotopic (exact) mass is 284 g/mol. The molecular formula is C14H21FN2OS. The molecule has 0 aliphatic rings. The molecule has 1 aromatic rings. The third-order valence-corrected chi connectivity index (χ3v) is 3.78. The minimum Gasteiger partial charge on any atom is -0.252 e. The number of hydrogen-bond donors (Lipinski definition) is 0. The van der Waals surface area contributed by atoms with Crippen LogP contribution in [0.4, 0.5) is 4.39 Å². The van der Waals surface area contributed by atoms with Gasteiger partial charge in [-0.05, 0) is 45.2 Å². The normalized spacial score (nSPS) is 14.8. The van der Waals surface area contributed by atoms with E-state index in [0.717, 1.165) is 6.20 Å². The summed E-state index contributed by atoms with van der Waals surface area (Å²) in [6.07, 6.45) is 1.83. The van der Waals surface area contributed by atoms with E-state index < -0.39 is 15.7 Å². The molecular weight excluding hydrogens is 263 g/mol. The quantitative estimate of drug-likeness (QED) is 0.794. The molecule has 0 N–H and O–H groups in total. The van der Waals surface area contributed by atoms with Crippen LogP contribution < -0.4 is 0 Å². The zero-order valence-electron chi connectivity index (χ0n) is 12.1. The van der Waals surface area contributed by atoms with Crippen molar-refractivity contribution in [1.29, 1.82) is 0 Å². The lowest BCUT2D eigenvalue weighted by atomic mass is 10.0. The number of rotatable bonds is 4. The van der Waals surface area contributed by atoms with E-state index in [-0.39, 0.29) is 5.82 Å². The maximum atomic E-state index is 12.9. The molecule has 1 aromatic heterocycles. The molecule has 0 aromatic carbocycles. The molecule has 106 valence electrons. The Morgan fingerprint density at radius 1 is 1.42 bits per heavy atom. The zero-order chi connectivity index (χ0) is 14.6. The molecule has 0 aliphatic carbocycles. The molecule has 1 heterocycles. The van der Waals surface area contributed by atoms with E-state index in [0.29, 0.717) is 23.7 Å². The van der Waals surface area contributed by atoms with E-state index in [1.807, 2.05) is 20.8 Å². The molecule has 1 rings (SSSR count). The minimum absolute atomic E-state index is 0.363. The average Bonchev–Trinajstić information content (AvgIpc) is 2.27. The topological polar surface area (TPSA) is 42.3 Å². The first kappa shape index (κ1) is 16.0. The largest absolute Gasteiger partial charge is 0.252 e. The van der Waals surface area contributed by atoms with E-state index >= 15 is 0 Å². The second-order valence-electron chi connectivity index (χ2n) is 5.86. The molecule has 5 heteroatoms. The van der Waals surface area contributed by atoms with Crippen LogP contribution in [0.5, 0.6) is 0 Å². The van der Waals surface area contributed by atoms with Crippen LogP contribution in [0.15, 0.2) is 22.7 Å². The van der Waals surface area contributed by atoms with Crippen LogP contribution in [0.3, 0.4) is 0 Å². The molecule has 0 saturated carbocycles. The predicted octanol–water partition coefficient (Wildman–Crippen LogP) is 3.52. The lowest BCUT2D eigenvalue weighted by Gasteiger charge is -2.15. The summed E-state index contributed by atoms with van der Waals surface area (Å²) < 4.78 is 28.9. The Kier molecular flexibility index (Phi) is 5.35. The number of hydrogen-bond acceptors (Lipinski definition) is 2. The van der Waals surface area contributed by atoms with Crippen molar-refractivity contribution in [1.82, 2.24) is 4.98 Å². The van der Waals surface area contributed by atoms with Crippen molar-refractivity contribution in [3.8, 4) is 0 Å². The number of halogens is 1. The summed E-state index contributed by atoms with van der Waals surface area (Å²) in [6, 6.07) is 2.93. The van der Waals surface area contributed by atoms with Crippen LogP contribution in [0, 0.1) is 11.7 Å². The molecule has 0 radical (unpaired) electrons. The fraction of sp³-hybridized carbons (Fsp3) is 0.571. The first-order chi connectivity index (χ1) is 8.70. The van der Waals surface area contributed by atoms with E-state index in [1.165, 1.54) is 6.07 Å². The third kappa shape index (κ3) is 5.19. The molecule has 1 unspecified atom stereocenters. The molecule has 0 spiro atoms. The number of nitrogens with zero attached hydrogens (tertiary/aromatic N) is 2. The van der Waals surface area contributed by atoms with Gasteiger partial charge in [-0.15, -0.1) is 0 Å². The predicted molar refractivity (Wildman–Crippen MR) is 78.1 cm³/mol. The molecule has 0 aliphatic heterocycles. The summed E-state index contributed by atoms with van der Waals surface area (Å²) in [4.78, 5) is 4.03. The Labute approximate surface area is 117 Å². The Morgan fingerprint density at radius 3 is 2.47 bits per heavy atom. The smallest absolute Gasteiger partial charge is 0.145 e. The number of pyridine rings is 1. The standard InChI is InChI=1S/C14H21FN2OS/c1-10(2)8-13(17-19(18)14(3,4)5)12-7-6-11(15)9-16-12/h6-7,9-10H,8H2,1-5H3. The molecule has 0 bridgehead atoms. The number of aromatic nitrogens is 1. The van der Waals surface area contributed by atoms with Crippen molar-refractivity contribution in [2.75, 3.05) is 0 Å². The molecule has 0 saturated heterocycles.